The number of fused-ring (bicyclic) bond motifs is 1. The van der Waals surface area contributed by atoms with Crippen LogP contribution < -0.4 is 5.32 Å². The molecule has 1 N–H and O–H groups in total. The zero-order valence-corrected chi connectivity index (χ0v) is 13.2. The Balaban J connectivity index is 1.94. The van der Waals surface area contributed by atoms with Crippen LogP contribution in [0.1, 0.15) is 20.8 Å². The maximum atomic E-state index is 11.8. The van der Waals surface area contributed by atoms with Crippen molar-refractivity contribution in [1.29, 1.82) is 0 Å². The molecule has 1 aromatic carbocycles. The molecule has 0 aliphatic rings. The summed E-state index contributed by atoms with van der Waals surface area (Å²) in [6.07, 6.45) is 0. The molecule has 2 aromatic rings. The minimum atomic E-state index is -0.0171. The first-order valence-electron chi connectivity index (χ1n) is 6.44. The van der Waals surface area contributed by atoms with Gasteiger partial charge < -0.3 is 9.73 Å². The number of thioether (sulfide) groups is 1. The number of hydrogen-bond acceptors (Lipinski definition) is 4. The topological polar surface area (TPSA) is 55.1 Å². The number of oxazole rings is 1. The van der Waals surface area contributed by atoms with E-state index in [-0.39, 0.29) is 17.7 Å². The highest BCUT2D eigenvalue weighted by Crippen LogP contribution is 2.25. The van der Waals surface area contributed by atoms with Gasteiger partial charge in [-0.15, -0.1) is 0 Å². The minimum absolute atomic E-state index is 0.0171. The molecule has 1 unspecified atom stereocenters. The van der Waals surface area contributed by atoms with Crippen molar-refractivity contribution in [2.45, 2.75) is 32.0 Å². The van der Waals surface area contributed by atoms with Gasteiger partial charge in [-0.25, -0.2) is 4.98 Å². The molecule has 2 rings (SSSR count). The van der Waals surface area contributed by atoms with Crippen LogP contribution in [0.4, 0.5) is 0 Å². The number of halogens is 1. The van der Waals surface area contributed by atoms with Crippen molar-refractivity contribution >= 4 is 40.4 Å². The van der Waals surface area contributed by atoms with Gasteiger partial charge in [0.15, 0.2) is 5.58 Å². The zero-order valence-electron chi connectivity index (χ0n) is 11.6. The first-order chi connectivity index (χ1) is 9.45. The number of amides is 1. The lowest BCUT2D eigenvalue weighted by Gasteiger charge is -2.16. The normalized spacial score (nSPS) is 12.8. The van der Waals surface area contributed by atoms with E-state index in [9.17, 15) is 4.79 Å². The average Bonchev–Trinajstić information content (AvgIpc) is 2.78. The number of carbonyl (C=O) groups excluding carboxylic acids is 1. The first-order valence-corrected chi connectivity index (χ1v) is 7.80. The van der Waals surface area contributed by atoms with Crippen LogP contribution in [0.25, 0.3) is 11.1 Å². The molecule has 0 aliphatic carbocycles. The van der Waals surface area contributed by atoms with Crippen LogP contribution in [0.2, 0.25) is 5.02 Å². The second-order valence-corrected chi connectivity index (χ2v) is 6.34. The predicted octanol–water partition coefficient (Wildman–Crippen LogP) is 3.73. The molecule has 0 spiro atoms. The first kappa shape index (κ1) is 15.2. The quantitative estimate of drug-likeness (QED) is 0.855. The molecule has 0 aliphatic heterocycles. The van der Waals surface area contributed by atoms with Crippen molar-refractivity contribution in [2.75, 3.05) is 5.75 Å². The third-order valence-corrected chi connectivity index (χ3v) is 4.11. The highest BCUT2D eigenvalue weighted by atomic mass is 35.5. The number of benzene rings is 1. The zero-order chi connectivity index (χ0) is 14.7. The molecule has 1 heterocycles. The Labute approximate surface area is 127 Å². The molecule has 0 bridgehead atoms. The second-order valence-electron chi connectivity index (χ2n) is 4.98. The van der Waals surface area contributed by atoms with Crippen LogP contribution >= 0.6 is 23.4 Å². The molecule has 0 fully saturated rings. The minimum Gasteiger partial charge on any atom is -0.431 e. The maximum Gasteiger partial charge on any atom is 0.257 e. The van der Waals surface area contributed by atoms with Crippen LogP contribution in [-0.2, 0) is 4.79 Å². The average molecular weight is 313 g/mol. The Hall–Kier alpha value is -1.20. The Morgan fingerprint density at radius 1 is 1.45 bits per heavy atom. The maximum absolute atomic E-state index is 11.8. The van der Waals surface area contributed by atoms with E-state index in [1.807, 2.05) is 6.92 Å². The lowest BCUT2D eigenvalue weighted by atomic mass is 10.1. The molecule has 0 radical (unpaired) electrons. The summed E-state index contributed by atoms with van der Waals surface area (Å²) >= 11 is 7.17. The summed E-state index contributed by atoms with van der Waals surface area (Å²) in [6.45, 7) is 6.14. The van der Waals surface area contributed by atoms with E-state index in [4.69, 9.17) is 16.0 Å². The Bertz CT molecular complexity index is 612. The number of nitrogens with zero attached hydrogens (tertiary/aromatic N) is 1. The van der Waals surface area contributed by atoms with E-state index >= 15 is 0 Å². The van der Waals surface area contributed by atoms with E-state index in [1.54, 1.807) is 18.2 Å². The summed E-state index contributed by atoms with van der Waals surface area (Å²) in [5, 5.41) is 4.04. The van der Waals surface area contributed by atoms with Crippen LogP contribution in [0.3, 0.4) is 0 Å². The molecule has 0 saturated heterocycles. The van der Waals surface area contributed by atoms with Crippen molar-refractivity contribution in [3.63, 3.8) is 0 Å². The fraction of sp³-hybridized carbons (Fsp3) is 0.429. The van der Waals surface area contributed by atoms with Gasteiger partial charge in [0.2, 0.25) is 5.91 Å². The van der Waals surface area contributed by atoms with E-state index in [0.717, 1.165) is 0 Å². The van der Waals surface area contributed by atoms with E-state index in [1.165, 1.54) is 11.8 Å². The number of hydrogen-bond donors (Lipinski definition) is 1. The number of rotatable bonds is 5. The molecule has 1 atom stereocenters. The molecule has 0 saturated carbocycles. The van der Waals surface area contributed by atoms with Gasteiger partial charge in [-0.1, -0.05) is 37.2 Å². The van der Waals surface area contributed by atoms with Crippen molar-refractivity contribution in [3.8, 4) is 0 Å². The van der Waals surface area contributed by atoms with E-state index < -0.39 is 0 Å². The smallest absolute Gasteiger partial charge is 0.257 e. The summed E-state index contributed by atoms with van der Waals surface area (Å²) in [5.41, 5.74) is 1.38. The van der Waals surface area contributed by atoms with Gasteiger partial charge in [0.05, 0.1) is 5.75 Å². The van der Waals surface area contributed by atoms with Gasteiger partial charge in [-0.2, -0.15) is 0 Å². The molecule has 6 heteroatoms. The van der Waals surface area contributed by atoms with Crippen molar-refractivity contribution in [2.24, 2.45) is 5.92 Å². The highest BCUT2D eigenvalue weighted by Gasteiger charge is 2.13. The summed E-state index contributed by atoms with van der Waals surface area (Å²) in [6, 6.07) is 5.42. The van der Waals surface area contributed by atoms with Crippen molar-refractivity contribution < 1.29 is 9.21 Å². The van der Waals surface area contributed by atoms with Crippen LogP contribution in [0.15, 0.2) is 27.8 Å². The Morgan fingerprint density at radius 2 is 2.20 bits per heavy atom. The van der Waals surface area contributed by atoms with Gasteiger partial charge >= 0.3 is 0 Å². The fourth-order valence-electron chi connectivity index (χ4n) is 1.53. The SMILES string of the molecule is CC(C)C(C)NC(=O)CSc1nc2cc(Cl)ccc2o1. The lowest BCUT2D eigenvalue weighted by Crippen LogP contribution is -2.37. The Morgan fingerprint density at radius 3 is 2.90 bits per heavy atom. The second kappa shape index (κ2) is 6.50. The molecule has 1 amide bonds. The highest BCUT2D eigenvalue weighted by molar-refractivity contribution is 7.99. The van der Waals surface area contributed by atoms with Crippen molar-refractivity contribution in [3.05, 3.63) is 23.2 Å². The van der Waals surface area contributed by atoms with E-state index in [0.29, 0.717) is 27.3 Å². The number of carbonyl (C=O) groups is 1. The monoisotopic (exact) mass is 312 g/mol. The number of aromatic nitrogens is 1. The molecule has 1 aromatic heterocycles. The van der Waals surface area contributed by atoms with Gasteiger partial charge in [-0.3, -0.25) is 4.79 Å². The summed E-state index contributed by atoms with van der Waals surface area (Å²) < 4.78 is 5.54. The molecular formula is C14H17ClN2O2S. The third kappa shape index (κ3) is 3.90. The predicted molar refractivity (Wildman–Crippen MR) is 82.2 cm³/mol. The summed E-state index contributed by atoms with van der Waals surface area (Å²) in [7, 11) is 0. The molecule has 20 heavy (non-hydrogen) atoms. The van der Waals surface area contributed by atoms with Gasteiger partial charge in [0, 0.05) is 11.1 Å². The largest absolute Gasteiger partial charge is 0.431 e. The van der Waals surface area contributed by atoms with Crippen LogP contribution in [0.5, 0.6) is 0 Å². The van der Waals surface area contributed by atoms with Crippen molar-refractivity contribution in [1.82, 2.24) is 10.3 Å². The third-order valence-electron chi connectivity index (χ3n) is 3.05. The molecule has 4 nitrogen and oxygen atoms in total. The molecule has 108 valence electrons. The Kier molecular flexibility index (Phi) is 4.94. The van der Waals surface area contributed by atoms with Gasteiger partial charge in [0.25, 0.3) is 5.22 Å². The fourth-order valence-corrected chi connectivity index (χ4v) is 2.35. The number of nitrogens with one attached hydrogen (secondary N) is 1. The summed E-state index contributed by atoms with van der Waals surface area (Å²) in [4.78, 5) is 16.1. The van der Waals surface area contributed by atoms with E-state index in [2.05, 4.69) is 24.1 Å². The van der Waals surface area contributed by atoms with Crippen LogP contribution in [0, 0.1) is 5.92 Å². The van der Waals surface area contributed by atoms with Gasteiger partial charge in [-0.05, 0) is 31.0 Å². The van der Waals surface area contributed by atoms with Gasteiger partial charge in [0.1, 0.15) is 5.52 Å². The standard InChI is InChI=1S/C14H17ClN2O2S/c1-8(2)9(3)16-13(18)7-20-14-17-11-6-10(15)4-5-12(11)19-14/h4-6,8-9H,7H2,1-3H3,(H,16,18). The summed E-state index contributed by atoms with van der Waals surface area (Å²) in [5.74, 6) is 0.685. The van der Waals surface area contributed by atoms with Crippen LogP contribution in [-0.4, -0.2) is 22.7 Å². The lowest BCUT2D eigenvalue weighted by molar-refractivity contribution is -0.119. The molecular weight excluding hydrogens is 296 g/mol.